The lowest BCUT2D eigenvalue weighted by Gasteiger charge is -2.18. The van der Waals surface area contributed by atoms with Gasteiger partial charge in [0.25, 0.3) is 5.56 Å². The largest absolute Gasteiger partial charge is 0.388 e. The SMILES string of the molecule is C=P(C)(C)CC[C@H]1O[C@@H](n2cnc3c(=O)[nH]c(NCC)nc32)[C@H](O)[C@@H]1O. The Kier molecular flexibility index (Phi) is 5.25. The maximum Gasteiger partial charge on any atom is 0.280 e. The van der Waals surface area contributed by atoms with Crippen LogP contribution in [-0.4, -0.2) is 80.4 Å². The molecule has 0 aliphatic carbocycles. The number of fused-ring (bicyclic) bond motifs is 1. The number of H-pyrrole nitrogens is 1. The zero-order valence-electron chi connectivity index (χ0n) is 15.2. The molecule has 1 aliphatic heterocycles. The van der Waals surface area contributed by atoms with E-state index >= 15 is 0 Å². The molecule has 2 aromatic heterocycles. The van der Waals surface area contributed by atoms with Gasteiger partial charge in [-0.25, -0.2) is 4.98 Å². The molecule has 144 valence electrons. The van der Waals surface area contributed by atoms with Crippen LogP contribution in [-0.2, 0) is 4.74 Å². The number of aromatic nitrogens is 4. The standard InChI is InChI=1S/C16H26N5O4P/c1-5-17-16-19-13-10(14(24)20-16)18-8-21(13)15-12(23)11(22)9(25-15)6-7-26(2,3)4/h8-9,11-12,15,22-23H,2,5-7H2,1,3-4H3,(H2,17,19,20,24)/t9-,11-,12-,15-/m1/s1. The predicted molar refractivity (Wildman–Crippen MR) is 104 cm³/mol. The summed E-state index contributed by atoms with van der Waals surface area (Å²) in [5.41, 5.74) is 0.0784. The van der Waals surface area contributed by atoms with Crippen molar-refractivity contribution in [3.8, 4) is 0 Å². The quantitative estimate of drug-likeness (QED) is 0.528. The van der Waals surface area contributed by atoms with E-state index in [4.69, 9.17) is 4.74 Å². The number of ether oxygens (including phenoxy) is 1. The van der Waals surface area contributed by atoms with Crippen LogP contribution >= 0.6 is 6.89 Å². The number of aliphatic hydroxyl groups is 2. The molecule has 1 saturated heterocycles. The Morgan fingerprint density at radius 3 is 2.81 bits per heavy atom. The van der Waals surface area contributed by atoms with Crippen LogP contribution < -0.4 is 10.9 Å². The third-order valence-corrected chi connectivity index (χ3v) is 5.88. The second-order valence-corrected chi connectivity index (χ2v) is 11.6. The summed E-state index contributed by atoms with van der Waals surface area (Å²) in [6, 6.07) is 0. The molecule has 0 bridgehead atoms. The van der Waals surface area contributed by atoms with E-state index in [1.54, 1.807) is 0 Å². The first-order chi connectivity index (χ1) is 12.2. The molecule has 3 rings (SSSR count). The van der Waals surface area contributed by atoms with E-state index in [-0.39, 0.29) is 11.1 Å². The normalized spacial score (nSPS) is 26.5. The molecule has 0 saturated carbocycles. The van der Waals surface area contributed by atoms with Crippen LogP contribution in [0.5, 0.6) is 0 Å². The van der Waals surface area contributed by atoms with Crippen LogP contribution in [0, 0.1) is 0 Å². The summed E-state index contributed by atoms with van der Waals surface area (Å²) in [6.07, 6.45) is 3.54. The minimum atomic E-state index is -1.26. The third kappa shape index (κ3) is 3.71. The van der Waals surface area contributed by atoms with Crippen LogP contribution in [0.3, 0.4) is 0 Å². The second-order valence-electron chi connectivity index (χ2n) is 7.26. The van der Waals surface area contributed by atoms with Gasteiger partial charge in [0.15, 0.2) is 17.4 Å². The van der Waals surface area contributed by atoms with Crippen molar-refractivity contribution < 1.29 is 14.9 Å². The molecule has 1 fully saturated rings. The fourth-order valence-corrected chi connectivity index (χ4v) is 3.99. The van der Waals surface area contributed by atoms with Gasteiger partial charge in [-0.2, -0.15) is 4.98 Å². The molecule has 1 aliphatic rings. The lowest BCUT2D eigenvalue weighted by Crippen LogP contribution is -2.32. The van der Waals surface area contributed by atoms with Crippen LogP contribution in [0.25, 0.3) is 11.2 Å². The number of nitrogens with one attached hydrogen (secondary N) is 2. The number of hydrogen-bond donors (Lipinski definition) is 4. The van der Waals surface area contributed by atoms with Crippen molar-refractivity contribution in [2.45, 2.75) is 37.9 Å². The lowest BCUT2D eigenvalue weighted by atomic mass is 10.1. The minimum Gasteiger partial charge on any atom is -0.388 e. The zero-order valence-corrected chi connectivity index (χ0v) is 16.1. The van der Waals surface area contributed by atoms with Gasteiger partial charge in [-0.1, -0.05) is 0 Å². The maximum atomic E-state index is 12.2. The number of rotatable bonds is 6. The lowest BCUT2D eigenvalue weighted by molar-refractivity contribution is -0.0353. The summed E-state index contributed by atoms with van der Waals surface area (Å²) in [4.78, 5) is 23.2. The van der Waals surface area contributed by atoms with Gasteiger partial charge >= 0.3 is 0 Å². The smallest absolute Gasteiger partial charge is 0.280 e. The molecule has 0 unspecified atom stereocenters. The Labute approximate surface area is 151 Å². The molecule has 9 nitrogen and oxygen atoms in total. The molecular formula is C16H26N5O4P. The number of anilines is 1. The number of aliphatic hydroxyl groups excluding tert-OH is 2. The fraction of sp³-hybridized carbons (Fsp3) is 0.625. The molecule has 10 heteroatoms. The van der Waals surface area contributed by atoms with Gasteiger partial charge in [0, 0.05) is 6.54 Å². The zero-order chi connectivity index (χ0) is 19.1. The van der Waals surface area contributed by atoms with E-state index in [0.29, 0.717) is 24.6 Å². The van der Waals surface area contributed by atoms with E-state index in [9.17, 15) is 15.0 Å². The third-order valence-electron chi connectivity index (χ3n) is 4.41. The van der Waals surface area contributed by atoms with Crippen molar-refractivity contribution >= 4 is 30.3 Å². The van der Waals surface area contributed by atoms with E-state index in [1.807, 2.05) is 6.92 Å². The van der Waals surface area contributed by atoms with E-state index in [2.05, 4.69) is 39.9 Å². The van der Waals surface area contributed by atoms with Crippen molar-refractivity contribution in [3.05, 3.63) is 16.7 Å². The molecule has 3 heterocycles. The monoisotopic (exact) mass is 383 g/mol. The first-order valence-corrected chi connectivity index (χ1v) is 11.7. The van der Waals surface area contributed by atoms with Gasteiger partial charge in [0.1, 0.15) is 12.2 Å². The Hall–Kier alpha value is -1.67. The molecular weight excluding hydrogens is 357 g/mol. The van der Waals surface area contributed by atoms with Gasteiger partial charge in [-0.15, -0.1) is 13.2 Å². The second kappa shape index (κ2) is 7.15. The first kappa shape index (κ1) is 19.1. The van der Waals surface area contributed by atoms with E-state index in [0.717, 1.165) is 6.16 Å². The maximum absolute atomic E-state index is 12.2. The van der Waals surface area contributed by atoms with E-state index < -0.39 is 31.4 Å². The average Bonchev–Trinajstić information content (AvgIpc) is 3.08. The minimum absolute atomic E-state index is 0.158. The highest BCUT2D eigenvalue weighted by molar-refractivity contribution is 7.72. The summed E-state index contributed by atoms with van der Waals surface area (Å²) in [5.74, 6) is 0.319. The van der Waals surface area contributed by atoms with Crippen LogP contribution in [0.15, 0.2) is 11.1 Å². The van der Waals surface area contributed by atoms with Crippen LogP contribution in [0.2, 0.25) is 0 Å². The Morgan fingerprint density at radius 1 is 1.42 bits per heavy atom. The van der Waals surface area contributed by atoms with E-state index in [1.165, 1.54) is 10.9 Å². The summed E-state index contributed by atoms with van der Waals surface area (Å²) >= 11 is 0. The van der Waals surface area contributed by atoms with Crippen molar-refractivity contribution in [1.29, 1.82) is 0 Å². The first-order valence-electron chi connectivity index (χ1n) is 8.61. The molecule has 26 heavy (non-hydrogen) atoms. The summed E-state index contributed by atoms with van der Waals surface area (Å²) < 4.78 is 7.42. The Bertz CT molecular complexity index is 888. The molecule has 0 amide bonds. The van der Waals surface area contributed by atoms with Crippen molar-refractivity contribution in [1.82, 2.24) is 19.5 Å². The molecule has 0 spiro atoms. The number of imidazole rings is 1. The summed E-state index contributed by atoms with van der Waals surface area (Å²) in [6.45, 7) is 5.45. The Balaban J connectivity index is 1.91. The summed E-state index contributed by atoms with van der Waals surface area (Å²) in [7, 11) is 0. The molecule has 4 N–H and O–H groups in total. The van der Waals surface area contributed by atoms with Gasteiger partial charge in [0.2, 0.25) is 5.95 Å². The molecule has 2 aromatic rings. The average molecular weight is 383 g/mol. The Morgan fingerprint density at radius 2 is 2.15 bits per heavy atom. The van der Waals surface area contributed by atoms with Crippen molar-refractivity contribution in [3.63, 3.8) is 0 Å². The predicted octanol–water partition coefficient (Wildman–Crippen LogP) is 0.270. The van der Waals surface area contributed by atoms with Crippen LogP contribution in [0.4, 0.5) is 5.95 Å². The molecule has 0 aromatic carbocycles. The van der Waals surface area contributed by atoms with Crippen LogP contribution in [0.1, 0.15) is 19.6 Å². The van der Waals surface area contributed by atoms with Crippen molar-refractivity contribution in [2.75, 3.05) is 31.4 Å². The molecule has 0 radical (unpaired) electrons. The van der Waals surface area contributed by atoms with Crippen molar-refractivity contribution in [2.24, 2.45) is 0 Å². The summed E-state index contributed by atoms with van der Waals surface area (Å²) in [5, 5.41) is 23.8. The fourth-order valence-electron chi connectivity index (χ4n) is 3.04. The number of hydrogen-bond acceptors (Lipinski definition) is 7. The topological polar surface area (TPSA) is 125 Å². The van der Waals surface area contributed by atoms with Gasteiger partial charge in [0.05, 0.1) is 12.4 Å². The highest BCUT2D eigenvalue weighted by Gasteiger charge is 2.44. The number of aromatic amines is 1. The highest BCUT2D eigenvalue weighted by atomic mass is 31.2. The molecule has 4 atom stereocenters. The van der Waals surface area contributed by atoms with Gasteiger partial charge in [-0.3, -0.25) is 14.3 Å². The van der Waals surface area contributed by atoms with Gasteiger partial charge < -0.3 is 20.3 Å². The highest BCUT2D eigenvalue weighted by Crippen LogP contribution is 2.39. The number of nitrogens with zero attached hydrogens (tertiary/aromatic N) is 3. The van der Waals surface area contributed by atoms with Gasteiger partial charge in [-0.05, 0) is 32.8 Å².